The molecule has 1 aromatic carbocycles. The molecule has 1 amide bonds. The highest BCUT2D eigenvalue weighted by atomic mass is 32.2. The van der Waals surface area contributed by atoms with Crippen LogP contribution in [0.5, 0.6) is 0 Å². The molecule has 1 fully saturated rings. The van der Waals surface area contributed by atoms with E-state index in [2.05, 4.69) is 10.3 Å². The first kappa shape index (κ1) is 17.6. The molecule has 9 heteroatoms. The van der Waals surface area contributed by atoms with Gasteiger partial charge in [-0.15, -0.1) is 11.3 Å². The van der Waals surface area contributed by atoms with Crippen molar-refractivity contribution in [2.45, 2.75) is 36.8 Å². The van der Waals surface area contributed by atoms with E-state index < -0.39 is 16.1 Å². The minimum Gasteiger partial charge on any atom is -0.368 e. The fraction of sp³-hybridized carbons (Fsp3) is 0.412. The van der Waals surface area contributed by atoms with Crippen molar-refractivity contribution in [3.63, 3.8) is 0 Å². The molecule has 0 spiro atoms. The Morgan fingerprint density at radius 1 is 1.31 bits per heavy atom. The summed E-state index contributed by atoms with van der Waals surface area (Å²) in [5.41, 5.74) is 0.858. The fourth-order valence-electron chi connectivity index (χ4n) is 3.14. The van der Waals surface area contributed by atoms with Gasteiger partial charge < -0.3 is 4.74 Å². The van der Waals surface area contributed by atoms with Crippen LogP contribution < -0.4 is 5.32 Å². The number of ether oxygens (including phenoxy) is 1. The van der Waals surface area contributed by atoms with Gasteiger partial charge in [-0.1, -0.05) is 18.2 Å². The first-order valence-corrected chi connectivity index (χ1v) is 10.8. The van der Waals surface area contributed by atoms with Gasteiger partial charge in [0, 0.05) is 24.4 Å². The Bertz CT molecular complexity index is 905. The minimum absolute atomic E-state index is 0.178. The van der Waals surface area contributed by atoms with E-state index in [1.807, 2.05) is 0 Å². The van der Waals surface area contributed by atoms with Gasteiger partial charge >= 0.3 is 0 Å². The first-order chi connectivity index (χ1) is 12.5. The lowest BCUT2D eigenvalue weighted by molar-refractivity contribution is -0.124. The summed E-state index contributed by atoms with van der Waals surface area (Å²) in [5.74, 6) is -0.178. The van der Waals surface area contributed by atoms with Crippen molar-refractivity contribution in [2.75, 3.05) is 18.5 Å². The molecule has 4 rings (SSSR count). The van der Waals surface area contributed by atoms with Crippen LogP contribution in [0.4, 0.5) is 5.13 Å². The summed E-state index contributed by atoms with van der Waals surface area (Å²) in [6, 6.07) is 8.43. The molecule has 2 aliphatic rings. The van der Waals surface area contributed by atoms with Crippen molar-refractivity contribution >= 4 is 32.4 Å². The van der Waals surface area contributed by atoms with Crippen LogP contribution in [0.1, 0.15) is 23.4 Å². The van der Waals surface area contributed by atoms with Gasteiger partial charge in [-0.05, 0) is 25.0 Å². The van der Waals surface area contributed by atoms with E-state index in [4.69, 9.17) is 4.74 Å². The summed E-state index contributed by atoms with van der Waals surface area (Å²) in [5, 5.41) is 3.31. The van der Waals surface area contributed by atoms with Crippen LogP contribution in [0.2, 0.25) is 0 Å². The lowest BCUT2D eigenvalue weighted by atomic mass is 10.2. The smallest absolute Gasteiger partial charge is 0.255 e. The van der Waals surface area contributed by atoms with Gasteiger partial charge in [0.25, 0.3) is 5.91 Å². The Morgan fingerprint density at radius 3 is 2.85 bits per heavy atom. The summed E-state index contributed by atoms with van der Waals surface area (Å²) in [7, 11) is -3.53. The van der Waals surface area contributed by atoms with Gasteiger partial charge in [0.15, 0.2) is 5.13 Å². The average Bonchev–Trinajstić information content (AvgIpc) is 3.31. The number of hydrogen-bond donors (Lipinski definition) is 1. The Labute approximate surface area is 156 Å². The predicted octanol–water partition coefficient (Wildman–Crippen LogP) is 2.01. The molecule has 1 saturated heterocycles. The normalized spacial score (nSPS) is 20.7. The molecule has 2 aliphatic heterocycles. The van der Waals surface area contributed by atoms with E-state index in [9.17, 15) is 13.2 Å². The summed E-state index contributed by atoms with van der Waals surface area (Å²) in [6.45, 7) is 1.27. The third kappa shape index (κ3) is 3.39. The third-order valence-corrected chi connectivity index (χ3v) is 7.39. The number of rotatable bonds is 4. The Balaban J connectivity index is 1.49. The van der Waals surface area contributed by atoms with Crippen molar-refractivity contribution in [1.29, 1.82) is 0 Å². The number of nitrogens with one attached hydrogen (secondary N) is 1. The van der Waals surface area contributed by atoms with E-state index in [0.29, 0.717) is 29.6 Å². The fourth-order valence-corrected chi connectivity index (χ4v) is 5.68. The quantitative estimate of drug-likeness (QED) is 0.858. The first-order valence-electron chi connectivity index (χ1n) is 8.50. The minimum atomic E-state index is -3.53. The van der Waals surface area contributed by atoms with Crippen LogP contribution in [0, 0.1) is 0 Å². The Morgan fingerprint density at radius 2 is 2.12 bits per heavy atom. The number of thiazole rings is 1. The lowest BCUT2D eigenvalue weighted by Crippen LogP contribution is -2.35. The van der Waals surface area contributed by atoms with Crippen LogP contribution in [-0.2, 0) is 32.5 Å². The highest BCUT2D eigenvalue weighted by Crippen LogP contribution is 2.31. The maximum atomic E-state index is 12.8. The third-order valence-electron chi connectivity index (χ3n) is 4.53. The van der Waals surface area contributed by atoms with Gasteiger partial charge in [-0.25, -0.2) is 13.4 Å². The summed E-state index contributed by atoms with van der Waals surface area (Å²) >= 11 is 1.33. The second-order valence-electron chi connectivity index (χ2n) is 6.28. The number of sulfonamides is 1. The monoisotopic (exact) mass is 393 g/mol. The zero-order valence-electron chi connectivity index (χ0n) is 14.1. The number of benzene rings is 1. The number of hydrogen-bond acceptors (Lipinski definition) is 6. The highest BCUT2D eigenvalue weighted by molar-refractivity contribution is 7.89. The average molecular weight is 393 g/mol. The number of carbonyl (C=O) groups excluding carboxylic acids is 1. The van der Waals surface area contributed by atoms with Gasteiger partial charge in [0.05, 0.1) is 17.1 Å². The van der Waals surface area contributed by atoms with E-state index in [1.54, 1.807) is 30.3 Å². The summed E-state index contributed by atoms with van der Waals surface area (Å²) in [4.78, 5) is 17.8. The molecule has 7 nitrogen and oxygen atoms in total. The number of aromatic nitrogens is 1. The molecular weight excluding hydrogens is 374 g/mol. The molecule has 0 radical (unpaired) electrons. The van der Waals surface area contributed by atoms with E-state index in [0.717, 1.165) is 23.4 Å². The van der Waals surface area contributed by atoms with Crippen molar-refractivity contribution < 1.29 is 17.9 Å². The van der Waals surface area contributed by atoms with E-state index in [1.165, 1.54) is 15.6 Å². The van der Waals surface area contributed by atoms with Crippen LogP contribution in [0.3, 0.4) is 0 Å². The number of nitrogens with zero attached hydrogens (tertiary/aromatic N) is 2. The zero-order chi connectivity index (χ0) is 18.1. The molecule has 0 saturated carbocycles. The van der Waals surface area contributed by atoms with Gasteiger partial charge in [-0.3, -0.25) is 10.1 Å². The molecule has 26 heavy (non-hydrogen) atoms. The topological polar surface area (TPSA) is 88.6 Å². The van der Waals surface area contributed by atoms with Crippen molar-refractivity contribution in [1.82, 2.24) is 9.29 Å². The summed E-state index contributed by atoms with van der Waals surface area (Å²) in [6.07, 6.45) is 1.73. The molecule has 138 valence electrons. The molecule has 1 unspecified atom stereocenters. The maximum Gasteiger partial charge on any atom is 0.255 e. The van der Waals surface area contributed by atoms with Gasteiger partial charge in [0.2, 0.25) is 10.0 Å². The van der Waals surface area contributed by atoms with Crippen LogP contribution in [0.25, 0.3) is 0 Å². The number of anilines is 1. The molecular formula is C17H19N3O4S2. The molecule has 1 N–H and O–H groups in total. The second-order valence-corrected chi connectivity index (χ2v) is 9.30. The number of carbonyl (C=O) groups is 1. The van der Waals surface area contributed by atoms with E-state index >= 15 is 0 Å². The molecule has 0 aliphatic carbocycles. The summed E-state index contributed by atoms with van der Waals surface area (Å²) < 4.78 is 32.4. The van der Waals surface area contributed by atoms with Crippen molar-refractivity contribution in [2.24, 2.45) is 0 Å². The van der Waals surface area contributed by atoms with Crippen molar-refractivity contribution in [3.05, 3.63) is 40.9 Å². The van der Waals surface area contributed by atoms with Crippen LogP contribution in [-0.4, -0.2) is 42.9 Å². The van der Waals surface area contributed by atoms with Gasteiger partial charge in [0.1, 0.15) is 6.10 Å². The predicted molar refractivity (Wildman–Crippen MR) is 97.5 cm³/mol. The molecule has 1 aromatic heterocycles. The van der Waals surface area contributed by atoms with Gasteiger partial charge in [-0.2, -0.15) is 4.31 Å². The standard InChI is InChI=1S/C17H19N3O4S2/c21-16(14-7-4-10-24-14)19-17-18-13-8-9-20(11-15(13)25-17)26(22,23)12-5-2-1-3-6-12/h1-3,5-6,14H,4,7-11H2,(H,18,19,21). The lowest BCUT2D eigenvalue weighted by Gasteiger charge is -2.25. The zero-order valence-corrected chi connectivity index (χ0v) is 15.7. The number of fused-ring (bicyclic) bond motifs is 1. The largest absolute Gasteiger partial charge is 0.368 e. The molecule has 0 bridgehead atoms. The van der Waals surface area contributed by atoms with Crippen molar-refractivity contribution in [3.8, 4) is 0 Å². The number of amides is 1. The molecule has 3 heterocycles. The van der Waals surface area contributed by atoms with Crippen LogP contribution >= 0.6 is 11.3 Å². The molecule has 1 atom stereocenters. The Kier molecular flexibility index (Phi) is 4.78. The molecule has 2 aromatic rings. The highest BCUT2D eigenvalue weighted by Gasteiger charge is 2.31. The van der Waals surface area contributed by atoms with E-state index in [-0.39, 0.29) is 12.5 Å². The van der Waals surface area contributed by atoms with Crippen LogP contribution in [0.15, 0.2) is 35.2 Å². The maximum absolute atomic E-state index is 12.8. The SMILES string of the molecule is O=C(Nc1nc2c(s1)CN(S(=O)(=O)c1ccccc1)CC2)C1CCCO1. The second kappa shape index (κ2) is 7.07. The Hall–Kier alpha value is -1.81.